The molecule has 1 aromatic carbocycles. The number of halogens is 1. The molecule has 0 spiro atoms. The molecule has 1 aliphatic rings. The summed E-state index contributed by atoms with van der Waals surface area (Å²) in [7, 11) is 0. The van der Waals surface area contributed by atoms with Gasteiger partial charge < -0.3 is 9.88 Å². The van der Waals surface area contributed by atoms with E-state index in [1.807, 2.05) is 10.8 Å². The van der Waals surface area contributed by atoms with Crippen LogP contribution in [0.2, 0.25) is 5.02 Å². The molecule has 1 aromatic heterocycles. The number of benzene rings is 1. The Hall–Kier alpha value is -1.92. The first kappa shape index (κ1) is 14.0. The second kappa shape index (κ2) is 5.83. The van der Waals surface area contributed by atoms with E-state index in [0.29, 0.717) is 29.7 Å². The molecule has 0 saturated heterocycles. The Bertz CT molecular complexity index is 667. The third kappa shape index (κ3) is 3.40. The number of hydrogen-bond acceptors (Lipinski definition) is 4. The minimum Gasteiger partial charge on any atom is -0.329 e. The molecule has 0 radical (unpaired) electrons. The molecular weight excluding hydrogens is 292 g/mol. The summed E-state index contributed by atoms with van der Waals surface area (Å²) in [5.41, 5.74) is 0.660. The van der Waals surface area contributed by atoms with Crippen molar-refractivity contribution in [2.75, 3.05) is 0 Å². The van der Waals surface area contributed by atoms with E-state index in [0.717, 1.165) is 5.82 Å². The van der Waals surface area contributed by atoms with Crippen LogP contribution < -0.4 is 5.32 Å². The molecule has 2 aromatic rings. The first-order valence-corrected chi connectivity index (χ1v) is 7.17. The zero-order valence-corrected chi connectivity index (χ0v) is 12.1. The second-order valence-electron chi connectivity index (χ2n) is 5.16. The zero-order valence-electron chi connectivity index (χ0n) is 11.3. The summed E-state index contributed by atoms with van der Waals surface area (Å²) < 4.78 is 1.92. The first-order chi connectivity index (χ1) is 10.1. The third-order valence-electron chi connectivity index (χ3n) is 3.51. The molecule has 0 unspecified atom stereocenters. The molecule has 0 amide bonds. The Morgan fingerprint density at radius 2 is 2.29 bits per heavy atom. The summed E-state index contributed by atoms with van der Waals surface area (Å²) in [5.74, 6) is 0.881. The van der Waals surface area contributed by atoms with Crippen LogP contribution in [0.3, 0.4) is 0 Å². The lowest BCUT2D eigenvalue weighted by Gasteiger charge is -2.09. The van der Waals surface area contributed by atoms with E-state index in [-0.39, 0.29) is 5.69 Å². The van der Waals surface area contributed by atoms with E-state index >= 15 is 0 Å². The highest BCUT2D eigenvalue weighted by Gasteiger charge is 2.21. The van der Waals surface area contributed by atoms with E-state index in [1.54, 1.807) is 18.3 Å². The van der Waals surface area contributed by atoms with Gasteiger partial charge in [-0.1, -0.05) is 11.6 Å². The smallest absolute Gasteiger partial charge is 0.275 e. The van der Waals surface area contributed by atoms with Crippen molar-refractivity contribution in [3.8, 4) is 0 Å². The predicted molar refractivity (Wildman–Crippen MR) is 79.3 cm³/mol. The fourth-order valence-corrected chi connectivity index (χ4v) is 2.36. The van der Waals surface area contributed by atoms with Crippen molar-refractivity contribution in [1.82, 2.24) is 14.9 Å². The van der Waals surface area contributed by atoms with Gasteiger partial charge in [0.1, 0.15) is 5.82 Å². The van der Waals surface area contributed by atoms with Crippen molar-refractivity contribution in [2.45, 2.75) is 32.0 Å². The number of nitro benzene ring substituents is 1. The van der Waals surface area contributed by atoms with E-state index in [1.165, 1.54) is 18.9 Å². The number of nitro groups is 1. The summed E-state index contributed by atoms with van der Waals surface area (Å²) in [6.07, 6.45) is 5.97. The molecule has 0 atom stereocenters. The molecule has 1 aliphatic carbocycles. The van der Waals surface area contributed by atoms with Crippen molar-refractivity contribution in [2.24, 2.45) is 0 Å². The molecular formula is C14H15ClN4O2. The van der Waals surface area contributed by atoms with E-state index in [9.17, 15) is 10.1 Å². The lowest BCUT2D eigenvalue weighted by atomic mass is 10.2. The SMILES string of the molecule is O=[N+]([O-])c1cc(Cl)ccc1Cn1ccnc1CNC1CC1. The minimum absolute atomic E-state index is 0.0392. The van der Waals surface area contributed by atoms with Crippen molar-refractivity contribution in [3.05, 3.63) is 57.1 Å². The number of hydrogen-bond donors (Lipinski definition) is 1. The normalized spacial score (nSPS) is 14.3. The molecule has 6 nitrogen and oxygen atoms in total. The number of nitrogens with one attached hydrogen (secondary N) is 1. The second-order valence-corrected chi connectivity index (χ2v) is 5.59. The highest BCUT2D eigenvalue weighted by molar-refractivity contribution is 6.30. The average molecular weight is 307 g/mol. The largest absolute Gasteiger partial charge is 0.329 e. The molecule has 0 aliphatic heterocycles. The maximum atomic E-state index is 11.1. The first-order valence-electron chi connectivity index (χ1n) is 6.79. The highest BCUT2D eigenvalue weighted by atomic mass is 35.5. The summed E-state index contributed by atoms with van der Waals surface area (Å²) >= 11 is 5.83. The summed E-state index contributed by atoms with van der Waals surface area (Å²) in [6, 6.07) is 5.34. The van der Waals surface area contributed by atoms with Crippen molar-refractivity contribution < 1.29 is 4.92 Å². The molecule has 1 N–H and O–H groups in total. The van der Waals surface area contributed by atoms with E-state index in [4.69, 9.17) is 11.6 Å². The summed E-state index contributed by atoms with van der Waals surface area (Å²) in [5, 5.41) is 14.9. The Kier molecular flexibility index (Phi) is 3.90. The molecule has 0 bridgehead atoms. The monoisotopic (exact) mass is 306 g/mol. The molecule has 3 rings (SSSR count). The quantitative estimate of drug-likeness (QED) is 0.658. The van der Waals surface area contributed by atoms with Crippen LogP contribution in [-0.2, 0) is 13.1 Å². The van der Waals surface area contributed by atoms with Gasteiger partial charge in [-0.2, -0.15) is 0 Å². The van der Waals surface area contributed by atoms with Crippen molar-refractivity contribution in [1.29, 1.82) is 0 Å². The van der Waals surface area contributed by atoms with E-state index in [2.05, 4.69) is 10.3 Å². The van der Waals surface area contributed by atoms with Gasteiger partial charge >= 0.3 is 0 Å². The van der Waals surface area contributed by atoms with Crippen LogP contribution in [0, 0.1) is 10.1 Å². The van der Waals surface area contributed by atoms with Gasteiger partial charge in [-0.3, -0.25) is 10.1 Å². The number of aromatic nitrogens is 2. The average Bonchev–Trinajstić information content (AvgIpc) is 3.18. The van der Waals surface area contributed by atoms with Crippen LogP contribution in [0.4, 0.5) is 5.69 Å². The Morgan fingerprint density at radius 3 is 3.00 bits per heavy atom. The van der Waals surface area contributed by atoms with Gasteiger partial charge in [0.15, 0.2) is 0 Å². The van der Waals surface area contributed by atoms with Gasteiger partial charge in [-0.25, -0.2) is 4.98 Å². The standard InChI is InChI=1S/C14H15ClN4O2/c15-11-2-1-10(13(7-11)19(20)21)9-18-6-5-16-14(18)8-17-12-3-4-12/h1-2,5-7,12,17H,3-4,8-9H2. The van der Waals surface area contributed by atoms with Gasteiger partial charge in [-0.15, -0.1) is 0 Å². The highest BCUT2D eigenvalue weighted by Crippen LogP contribution is 2.24. The Morgan fingerprint density at radius 1 is 1.48 bits per heavy atom. The van der Waals surface area contributed by atoms with Crippen LogP contribution in [0.25, 0.3) is 0 Å². The van der Waals surface area contributed by atoms with Crippen LogP contribution in [-0.4, -0.2) is 20.5 Å². The van der Waals surface area contributed by atoms with Gasteiger partial charge in [0.25, 0.3) is 5.69 Å². The summed E-state index contributed by atoms with van der Waals surface area (Å²) in [6.45, 7) is 1.09. The lowest BCUT2D eigenvalue weighted by molar-refractivity contribution is -0.385. The fraction of sp³-hybridized carbons (Fsp3) is 0.357. The van der Waals surface area contributed by atoms with Crippen LogP contribution in [0.1, 0.15) is 24.2 Å². The molecule has 7 heteroatoms. The van der Waals surface area contributed by atoms with Gasteiger partial charge in [0.05, 0.1) is 18.0 Å². The van der Waals surface area contributed by atoms with Gasteiger partial charge in [0, 0.05) is 35.1 Å². The number of nitrogens with zero attached hydrogens (tertiary/aromatic N) is 3. The van der Waals surface area contributed by atoms with Crippen molar-refractivity contribution >= 4 is 17.3 Å². The zero-order chi connectivity index (χ0) is 14.8. The topological polar surface area (TPSA) is 73.0 Å². The molecule has 1 fully saturated rings. The van der Waals surface area contributed by atoms with Gasteiger partial charge in [-0.05, 0) is 25.0 Å². The fourth-order valence-electron chi connectivity index (χ4n) is 2.20. The number of rotatable bonds is 6. The Balaban J connectivity index is 1.80. The molecule has 1 saturated carbocycles. The minimum atomic E-state index is -0.403. The van der Waals surface area contributed by atoms with Crippen LogP contribution in [0.5, 0.6) is 0 Å². The van der Waals surface area contributed by atoms with Crippen LogP contribution in [0.15, 0.2) is 30.6 Å². The van der Waals surface area contributed by atoms with Crippen molar-refractivity contribution in [3.63, 3.8) is 0 Å². The maximum absolute atomic E-state index is 11.1. The third-order valence-corrected chi connectivity index (χ3v) is 3.75. The van der Waals surface area contributed by atoms with Crippen LogP contribution >= 0.6 is 11.6 Å². The predicted octanol–water partition coefficient (Wildman–Crippen LogP) is 2.75. The number of imidazole rings is 1. The summed E-state index contributed by atoms with van der Waals surface area (Å²) in [4.78, 5) is 15.0. The van der Waals surface area contributed by atoms with Gasteiger partial charge in [0.2, 0.25) is 0 Å². The Labute approximate surface area is 126 Å². The lowest BCUT2D eigenvalue weighted by Crippen LogP contribution is -2.19. The molecule has 21 heavy (non-hydrogen) atoms. The molecule has 1 heterocycles. The molecule has 110 valence electrons. The van der Waals surface area contributed by atoms with E-state index < -0.39 is 4.92 Å². The maximum Gasteiger partial charge on any atom is 0.275 e.